The second-order valence-electron chi connectivity index (χ2n) is 6.31. The summed E-state index contributed by atoms with van der Waals surface area (Å²) in [6.45, 7) is 3.28. The maximum absolute atomic E-state index is 3.38. The third kappa shape index (κ3) is 2.34. The van der Waals surface area contributed by atoms with E-state index in [1.165, 1.54) is 40.5 Å². The van der Waals surface area contributed by atoms with Crippen LogP contribution >= 0.6 is 23.7 Å². The zero-order valence-electron chi connectivity index (χ0n) is 12.6. The molecule has 1 saturated carbocycles. The number of hydrogen-bond donors (Lipinski definition) is 1. The van der Waals surface area contributed by atoms with Crippen LogP contribution in [-0.4, -0.2) is 13.6 Å². The third-order valence-corrected chi connectivity index (χ3v) is 6.19. The minimum atomic E-state index is 0. The van der Waals surface area contributed by atoms with E-state index in [0.29, 0.717) is 0 Å². The quantitative estimate of drug-likeness (QED) is 0.836. The topological polar surface area (TPSA) is 12.0 Å². The summed E-state index contributed by atoms with van der Waals surface area (Å²) < 4.78 is 1.44. The fourth-order valence-corrected chi connectivity index (χ4v) is 5.20. The number of halogens is 1. The molecule has 2 bridgehead atoms. The Labute approximate surface area is 136 Å². The molecule has 0 aliphatic heterocycles. The molecule has 4 rings (SSSR count). The highest BCUT2D eigenvalue weighted by molar-refractivity contribution is 7.17. The lowest BCUT2D eigenvalue weighted by Gasteiger charge is -2.20. The second kappa shape index (κ2) is 5.75. The standard InChI is InChI=1S/C18H21NS.ClH/c1-11-10-20-17-8-14(5-6-15(11)17)18-13-4-3-12(7-13)16(18)9-19-2;/h5-6,8,10,12-13,19H,3-4,7,9H2,1-2H3;1H. The SMILES string of the molecule is CNCC1=C(c2ccc3c(C)csc3c2)C2CCC1C2.Cl. The number of thiophene rings is 1. The summed E-state index contributed by atoms with van der Waals surface area (Å²) in [5.74, 6) is 1.67. The monoisotopic (exact) mass is 319 g/mol. The van der Waals surface area contributed by atoms with Crippen molar-refractivity contribution in [2.45, 2.75) is 26.2 Å². The van der Waals surface area contributed by atoms with Crippen molar-refractivity contribution in [2.24, 2.45) is 11.8 Å². The van der Waals surface area contributed by atoms with E-state index in [-0.39, 0.29) is 12.4 Å². The molecule has 1 N–H and O–H groups in total. The lowest BCUT2D eigenvalue weighted by molar-refractivity contribution is 0.627. The fraction of sp³-hybridized carbons (Fsp3) is 0.444. The first-order chi connectivity index (χ1) is 9.78. The molecule has 2 unspecified atom stereocenters. The molecule has 1 aromatic heterocycles. The van der Waals surface area contributed by atoms with Crippen molar-refractivity contribution >= 4 is 39.4 Å². The van der Waals surface area contributed by atoms with Gasteiger partial charge in [0.05, 0.1) is 0 Å². The number of allylic oxidation sites excluding steroid dienone is 1. The van der Waals surface area contributed by atoms with Gasteiger partial charge in [-0.15, -0.1) is 23.7 Å². The molecule has 1 aromatic carbocycles. The van der Waals surface area contributed by atoms with Crippen molar-refractivity contribution in [3.8, 4) is 0 Å². The molecular formula is C18H22ClNS. The predicted octanol–water partition coefficient (Wildman–Crippen LogP) is 5.03. The first kappa shape index (κ1) is 15.1. The highest BCUT2D eigenvalue weighted by Gasteiger charge is 2.38. The lowest BCUT2D eigenvalue weighted by atomic mass is 9.87. The van der Waals surface area contributed by atoms with Gasteiger partial charge in [-0.05, 0) is 84.2 Å². The number of hydrogen-bond acceptors (Lipinski definition) is 2. The van der Waals surface area contributed by atoms with E-state index in [2.05, 4.69) is 42.9 Å². The molecular weight excluding hydrogens is 298 g/mol. The smallest absolute Gasteiger partial charge is 0.0351 e. The molecule has 21 heavy (non-hydrogen) atoms. The first-order valence-corrected chi connectivity index (χ1v) is 8.51. The molecule has 3 heteroatoms. The Morgan fingerprint density at radius 3 is 2.86 bits per heavy atom. The van der Waals surface area contributed by atoms with Gasteiger partial charge in [0.2, 0.25) is 0 Å². The normalized spacial score (nSPS) is 23.9. The van der Waals surface area contributed by atoms with Gasteiger partial charge in [0, 0.05) is 11.2 Å². The fourth-order valence-electron chi connectivity index (χ4n) is 4.22. The summed E-state index contributed by atoms with van der Waals surface area (Å²) in [7, 11) is 2.07. The van der Waals surface area contributed by atoms with E-state index in [0.717, 1.165) is 18.4 Å². The highest BCUT2D eigenvalue weighted by atomic mass is 35.5. The number of likely N-dealkylation sites (N-methyl/N-ethyl adjacent to an activating group) is 1. The van der Waals surface area contributed by atoms with Crippen molar-refractivity contribution in [1.29, 1.82) is 0 Å². The van der Waals surface area contributed by atoms with Crippen LogP contribution in [-0.2, 0) is 0 Å². The molecule has 2 aliphatic carbocycles. The summed E-state index contributed by atoms with van der Waals surface area (Å²) in [6.07, 6.45) is 4.20. The summed E-state index contributed by atoms with van der Waals surface area (Å²) in [6, 6.07) is 7.11. The molecule has 1 fully saturated rings. The number of fused-ring (bicyclic) bond motifs is 3. The number of rotatable bonds is 3. The predicted molar refractivity (Wildman–Crippen MR) is 95.5 cm³/mol. The Kier molecular flexibility index (Phi) is 4.13. The van der Waals surface area contributed by atoms with Gasteiger partial charge in [-0.1, -0.05) is 12.1 Å². The Hall–Kier alpha value is -0.830. The first-order valence-electron chi connectivity index (χ1n) is 7.63. The van der Waals surface area contributed by atoms with Gasteiger partial charge in [0.25, 0.3) is 0 Å². The Bertz CT molecular complexity index is 700. The molecule has 0 amide bonds. The molecule has 2 aromatic rings. The zero-order valence-corrected chi connectivity index (χ0v) is 14.2. The van der Waals surface area contributed by atoms with Crippen LogP contribution in [0.5, 0.6) is 0 Å². The average Bonchev–Trinajstić information content (AvgIpc) is 3.14. The van der Waals surface area contributed by atoms with E-state index in [1.54, 1.807) is 11.1 Å². The van der Waals surface area contributed by atoms with Gasteiger partial charge in [0.1, 0.15) is 0 Å². The maximum Gasteiger partial charge on any atom is 0.0351 e. The third-order valence-electron chi connectivity index (χ3n) is 5.13. The van der Waals surface area contributed by atoms with Crippen LogP contribution in [0, 0.1) is 18.8 Å². The molecule has 112 valence electrons. The second-order valence-corrected chi connectivity index (χ2v) is 7.22. The van der Waals surface area contributed by atoms with Crippen LogP contribution < -0.4 is 5.32 Å². The minimum Gasteiger partial charge on any atom is -0.316 e. The van der Waals surface area contributed by atoms with Crippen LogP contribution in [0.4, 0.5) is 0 Å². The molecule has 1 nitrogen and oxygen atoms in total. The van der Waals surface area contributed by atoms with E-state index < -0.39 is 0 Å². The van der Waals surface area contributed by atoms with Crippen LogP contribution in [0.15, 0.2) is 29.2 Å². The van der Waals surface area contributed by atoms with Gasteiger partial charge >= 0.3 is 0 Å². The highest BCUT2D eigenvalue weighted by Crippen LogP contribution is 2.52. The summed E-state index contributed by atoms with van der Waals surface area (Å²) in [5, 5.41) is 7.08. The van der Waals surface area contributed by atoms with Crippen LogP contribution in [0.1, 0.15) is 30.4 Å². The Morgan fingerprint density at radius 2 is 2.05 bits per heavy atom. The molecule has 0 saturated heterocycles. The molecule has 0 spiro atoms. The van der Waals surface area contributed by atoms with E-state index in [4.69, 9.17) is 0 Å². The van der Waals surface area contributed by atoms with Gasteiger partial charge in [0.15, 0.2) is 0 Å². The Morgan fingerprint density at radius 1 is 1.24 bits per heavy atom. The Balaban J connectivity index is 0.00000132. The number of benzene rings is 1. The van der Waals surface area contributed by atoms with Crippen molar-refractivity contribution in [2.75, 3.05) is 13.6 Å². The molecule has 0 radical (unpaired) electrons. The largest absolute Gasteiger partial charge is 0.316 e. The molecule has 2 aliphatic rings. The van der Waals surface area contributed by atoms with Crippen LogP contribution in [0.3, 0.4) is 0 Å². The van der Waals surface area contributed by atoms with Crippen molar-refractivity contribution in [1.82, 2.24) is 5.32 Å². The summed E-state index contributed by atoms with van der Waals surface area (Å²) in [4.78, 5) is 0. The van der Waals surface area contributed by atoms with Crippen molar-refractivity contribution < 1.29 is 0 Å². The van der Waals surface area contributed by atoms with E-state index in [1.807, 2.05) is 11.3 Å². The van der Waals surface area contributed by atoms with E-state index in [9.17, 15) is 0 Å². The van der Waals surface area contributed by atoms with Gasteiger partial charge in [-0.2, -0.15) is 0 Å². The minimum absolute atomic E-state index is 0. The lowest BCUT2D eigenvalue weighted by Crippen LogP contribution is -2.16. The molecule has 1 heterocycles. The van der Waals surface area contributed by atoms with Gasteiger partial charge < -0.3 is 5.32 Å². The van der Waals surface area contributed by atoms with Crippen molar-refractivity contribution in [3.05, 3.63) is 40.3 Å². The van der Waals surface area contributed by atoms with Gasteiger partial charge in [-0.3, -0.25) is 0 Å². The van der Waals surface area contributed by atoms with Crippen LogP contribution in [0.25, 0.3) is 15.7 Å². The average molecular weight is 320 g/mol. The number of nitrogens with one attached hydrogen (secondary N) is 1. The van der Waals surface area contributed by atoms with Crippen molar-refractivity contribution in [3.63, 3.8) is 0 Å². The van der Waals surface area contributed by atoms with Gasteiger partial charge in [-0.25, -0.2) is 0 Å². The zero-order chi connectivity index (χ0) is 13.7. The van der Waals surface area contributed by atoms with E-state index >= 15 is 0 Å². The molecule has 2 atom stereocenters. The summed E-state index contributed by atoms with van der Waals surface area (Å²) in [5.41, 5.74) is 6.26. The van der Waals surface area contributed by atoms with Crippen LogP contribution in [0.2, 0.25) is 0 Å². The maximum atomic E-state index is 3.38. The number of aryl methyl sites for hydroxylation is 1. The summed E-state index contributed by atoms with van der Waals surface area (Å²) >= 11 is 1.88.